The molecule has 2 heterocycles. The van der Waals surface area contributed by atoms with Crippen LogP contribution in [0.25, 0.3) is 0 Å². The van der Waals surface area contributed by atoms with Crippen molar-refractivity contribution >= 4 is 28.3 Å². The first kappa shape index (κ1) is 14.9. The predicted octanol–water partition coefficient (Wildman–Crippen LogP) is 2.31. The van der Waals surface area contributed by atoms with Crippen molar-refractivity contribution in [1.29, 1.82) is 0 Å². The third-order valence-electron chi connectivity index (χ3n) is 2.98. The summed E-state index contributed by atoms with van der Waals surface area (Å²) in [7, 11) is 2.19. The van der Waals surface area contributed by atoms with Crippen LogP contribution in [-0.2, 0) is 6.54 Å². The van der Waals surface area contributed by atoms with Crippen molar-refractivity contribution in [3.05, 3.63) is 28.5 Å². The van der Waals surface area contributed by atoms with E-state index in [1.807, 2.05) is 6.20 Å². The van der Waals surface area contributed by atoms with Crippen molar-refractivity contribution in [3.8, 4) is 0 Å². The topological polar surface area (TPSA) is 28.2 Å². The highest BCUT2D eigenvalue weighted by Crippen LogP contribution is 2.13. The van der Waals surface area contributed by atoms with Gasteiger partial charge >= 0.3 is 0 Å². The van der Waals surface area contributed by atoms with Crippen molar-refractivity contribution in [3.63, 3.8) is 0 Å². The van der Waals surface area contributed by atoms with Crippen molar-refractivity contribution in [1.82, 2.24) is 15.2 Å². The summed E-state index contributed by atoms with van der Waals surface area (Å²) in [6, 6.07) is 4.16. The Bertz CT molecular complexity index is 342. The molecule has 1 aliphatic rings. The van der Waals surface area contributed by atoms with E-state index in [1.165, 1.54) is 31.6 Å². The second-order valence-corrected chi connectivity index (χ2v) is 5.35. The number of nitrogens with one attached hydrogen (secondary N) is 1. The Morgan fingerprint density at radius 3 is 3.06 bits per heavy atom. The summed E-state index contributed by atoms with van der Waals surface area (Å²) in [5, 5.41) is 3.41. The molecule has 0 bridgehead atoms. The fourth-order valence-electron chi connectivity index (χ4n) is 2.23. The number of halogens is 2. The Morgan fingerprint density at radius 2 is 2.41 bits per heavy atom. The number of pyridine rings is 1. The zero-order chi connectivity index (χ0) is 11.4. The van der Waals surface area contributed by atoms with Gasteiger partial charge in [0.1, 0.15) is 4.60 Å². The molecule has 2 rings (SSSR count). The maximum absolute atomic E-state index is 4.14. The van der Waals surface area contributed by atoms with Gasteiger partial charge < -0.3 is 10.2 Å². The predicted molar refractivity (Wildman–Crippen MR) is 76.5 cm³/mol. The summed E-state index contributed by atoms with van der Waals surface area (Å²) < 4.78 is 0.918. The molecule has 0 radical (unpaired) electrons. The van der Waals surface area contributed by atoms with Crippen LogP contribution >= 0.6 is 28.3 Å². The minimum Gasteiger partial charge on any atom is -0.316 e. The number of aromatic nitrogens is 1. The molecule has 1 saturated heterocycles. The highest BCUT2D eigenvalue weighted by Gasteiger charge is 2.16. The minimum absolute atomic E-state index is 0. The molecule has 17 heavy (non-hydrogen) atoms. The lowest BCUT2D eigenvalue weighted by atomic mass is 10.1. The van der Waals surface area contributed by atoms with E-state index in [0.29, 0.717) is 0 Å². The van der Waals surface area contributed by atoms with Crippen LogP contribution in [0.4, 0.5) is 0 Å². The Morgan fingerprint density at radius 1 is 1.59 bits per heavy atom. The second kappa shape index (κ2) is 7.31. The number of rotatable bonds is 4. The van der Waals surface area contributed by atoms with Crippen LogP contribution < -0.4 is 5.32 Å². The van der Waals surface area contributed by atoms with E-state index in [2.05, 4.69) is 50.3 Å². The SMILES string of the molecule is CN(Cc1ccnc(Br)c1)CC1CCNC1.Cl. The summed E-state index contributed by atoms with van der Waals surface area (Å²) in [5.41, 5.74) is 1.32. The Hall–Kier alpha value is -0.160. The van der Waals surface area contributed by atoms with E-state index < -0.39 is 0 Å². The van der Waals surface area contributed by atoms with Gasteiger partial charge in [-0.2, -0.15) is 0 Å². The molecule has 1 unspecified atom stereocenters. The standard InChI is InChI=1S/C12H18BrN3.ClH/c1-16(9-11-2-4-14-7-11)8-10-3-5-15-12(13)6-10;/h3,5-6,11,14H,2,4,7-9H2,1H3;1H. The lowest BCUT2D eigenvalue weighted by Gasteiger charge is -2.20. The van der Waals surface area contributed by atoms with Gasteiger partial charge in [-0.05, 0) is 66.1 Å². The summed E-state index contributed by atoms with van der Waals surface area (Å²) in [6.07, 6.45) is 3.16. The van der Waals surface area contributed by atoms with Gasteiger partial charge in [-0.1, -0.05) is 0 Å². The van der Waals surface area contributed by atoms with Crippen LogP contribution in [0.3, 0.4) is 0 Å². The average molecular weight is 321 g/mol. The fourth-order valence-corrected chi connectivity index (χ4v) is 2.64. The maximum atomic E-state index is 4.14. The van der Waals surface area contributed by atoms with Crippen LogP contribution in [-0.4, -0.2) is 36.6 Å². The minimum atomic E-state index is 0. The molecule has 96 valence electrons. The second-order valence-electron chi connectivity index (χ2n) is 4.54. The van der Waals surface area contributed by atoms with Crippen LogP contribution in [0.2, 0.25) is 0 Å². The van der Waals surface area contributed by atoms with Crippen molar-refractivity contribution in [2.75, 3.05) is 26.7 Å². The molecule has 0 amide bonds. The zero-order valence-electron chi connectivity index (χ0n) is 10.0. The highest BCUT2D eigenvalue weighted by molar-refractivity contribution is 9.10. The van der Waals surface area contributed by atoms with Crippen LogP contribution in [0.15, 0.2) is 22.9 Å². The zero-order valence-corrected chi connectivity index (χ0v) is 12.4. The third-order valence-corrected chi connectivity index (χ3v) is 3.41. The molecule has 0 aliphatic carbocycles. The van der Waals surface area contributed by atoms with E-state index in [0.717, 1.165) is 17.1 Å². The van der Waals surface area contributed by atoms with Gasteiger partial charge in [-0.15, -0.1) is 12.4 Å². The fraction of sp³-hybridized carbons (Fsp3) is 0.583. The first-order chi connectivity index (χ1) is 7.74. The van der Waals surface area contributed by atoms with Crippen LogP contribution in [0.5, 0.6) is 0 Å². The van der Waals surface area contributed by atoms with E-state index in [1.54, 1.807) is 0 Å². The first-order valence-corrected chi connectivity index (χ1v) is 6.53. The molecule has 1 N–H and O–H groups in total. The summed E-state index contributed by atoms with van der Waals surface area (Å²) >= 11 is 3.40. The first-order valence-electron chi connectivity index (χ1n) is 5.74. The average Bonchev–Trinajstić information content (AvgIpc) is 2.70. The molecule has 1 aromatic heterocycles. The molecule has 1 atom stereocenters. The lowest BCUT2D eigenvalue weighted by molar-refractivity contribution is 0.278. The smallest absolute Gasteiger partial charge is 0.106 e. The Labute approximate surface area is 118 Å². The molecule has 1 aliphatic heterocycles. The van der Waals surface area contributed by atoms with Gasteiger partial charge in [-0.3, -0.25) is 0 Å². The van der Waals surface area contributed by atoms with Gasteiger partial charge in [0.05, 0.1) is 0 Å². The van der Waals surface area contributed by atoms with Crippen molar-refractivity contribution in [2.45, 2.75) is 13.0 Å². The quantitative estimate of drug-likeness (QED) is 0.863. The van der Waals surface area contributed by atoms with E-state index in [4.69, 9.17) is 0 Å². The number of hydrogen-bond acceptors (Lipinski definition) is 3. The molecule has 1 aromatic rings. The highest BCUT2D eigenvalue weighted by atomic mass is 79.9. The van der Waals surface area contributed by atoms with Gasteiger partial charge in [0.25, 0.3) is 0 Å². The molecule has 5 heteroatoms. The number of hydrogen-bond donors (Lipinski definition) is 1. The third kappa shape index (κ3) is 4.92. The van der Waals surface area contributed by atoms with E-state index in [-0.39, 0.29) is 12.4 Å². The van der Waals surface area contributed by atoms with E-state index in [9.17, 15) is 0 Å². The normalized spacial score (nSPS) is 19.4. The molecule has 3 nitrogen and oxygen atoms in total. The molecule has 0 aromatic carbocycles. The molecular weight excluding hydrogens is 302 g/mol. The number of nitrogens with zero attached hydrogens (tertiary/aromatic N) is 2. The van der Waals surface area contributed by atoms with Gasteiger partial charge in [0, 0.05) is 19.3 Å². The summed E-state index contributed by atoms with van der Waals surface area (Å²) in [4.78, 5) is 6.53. The van der Waals surface area contributed by atoms with Crippen molar-refractivity contribution < 1.29 is 0 Å². The van der Waals surface area contributed by atoms with Gasteiger partial charge in [0.15, 0.2) is 0 Å². The van der Waals surface area contributed by atoms with Crippen LogP contribution in [0, 0.1) is 5.92 Å². The molecular formula is C12H19BrClN3. The van der Waals surface area contributed by atoms with Gasteiger partial charge in [-0.25, -0.2) is 4.98 Å². The largest absolute Gasteiger partial charge is 0.316 e. The van der Waals surface area contributed by atoms with Crippen LogP contribution in [0.1, 0.15) is 12.0 Å². The molecule has 1 fully saturated rings. The monoisotopic (exact) mass is 319 g/mol. The molecule has 0 spiro atoms. The van der Waals surface area contributed by atoms with Crippen molar-refractivity contribution in [2.24, 2.45) is 5.92 Å². The lowest BCUT2D eigenvalue weighted by Crippen LogP contribution is -2.26. The Balaban J connectivity index is 0.00000144. The Kier molecular flexibility index (Phi) is 6.41. The summed E-state index contributed by atoms with van der Waals surface area (Å²) in [6.45, 7) is 4.52. The maximum Gasteiger partial charge on any atom is 0.106 e. The van der Waals surface area contributed by atoms with Gasteiger partial charge in [0.2, 0.25) is 0 Å². The molecule has 0 saturated carbocycles. The van der Waals surface area contributed by atoms with E-state index >= 15 is 0 Å². The summed E-state index contributed by atoms with van der Waals surface area (Å²) in [5.74, 6) is 0.815.